The van der Waals surface area contributed by atoms with Crippen molar-refractivity contribution in [2.45, 2.75) is 44.2 Å². The van der Waals surface area contributed by atoms with Crippen molar-refractivity contribution in [1.29, 1.82) is 0 Å². The highest BCUT2D eigenvalue weighted by Gasteiger charge is 2.34. The monoisotopic (exact) mass is 457 g/mol. The Labute approximate surface area is 199 Å². The molecule has 176 valence electrons. The number of aliphatic hydroxyl groups excluding tert-OH is 2. The molecule has 1 unspecified atom stereocenters. The van der Waals surface area contributed by atoms with Gasteiger partial charge in [0.1, 0.15) is 0 Å². The summed E-state index contributed by atoms with van der Waals surface area (Å²) >= 11 is 0. The van der Waals surface area contributed by atoms with Gasteiger partial charge in [0.2, 0.25) is 0 Å². The Hall–Kier alpha value is -3.16. The molecule has 1 saturated heterocycles. The summed E-state index contributed by atoms with van der Waals surface area (Å²) < 4.78 is 3.87. The van der Waals surface area contributed by atoms with Crippen molar-refractivity contribution in [2.75, 3.05) is 24.6 Å². The van der Waals surface area contributed by atoms with Crippen LogP contribution in [0.3, 0.4) is 0 Å². The normalized spacial score (nSPS) is 18.0. The summed E-state index contributed by atoms with van der Waals surface area (Å²) in [6.45, 7) is 2.47. The molecule has 3 aromatic heterocycles. The number of pyridine rings is 1. The van der Waals surface area contributed by atoms with Gasteiger partial charge in [0.25, 0.3) is 0 Å². The van der Waals surface area contributed by atoms with Crippen LogP contribution in [0.4, 0.5) is 5.69 Å². The quantitative estimate of drug-likeness (QED) is 0.438. The van der Waals surface area contributed by atoms with E-state index in [1.54, 1.807) is 4.68 Å². The van der Waals surface area contributed by atoms with Gasteiger partial charge in [-0.15, -0.1) is 0 Å². The number of piperidine rings is 1. The first-order valence-corrected chi connectivity index (χ1v) is 12.3. The first-order valence-electron chi connectivity index (χ1n) is 12.3. The standard InChI is InChI=1S/C27H31N5O2/c33-14-13-31-17-22(15-29-31)19-3-5-23(6-4-19)30-11-9-21(10-12-30)27(34)26-25(20-1-2-20)8-7-24-16-28-18-32(24)26/h3-8,15-18,20-21,27,33-34H,1-2,9-14H2. The molecule has 1 atom stereocenters. The molecule has 0 spiro atoms. The first kappa shape index (κ1) is 21.4. The van der Waals surface area contributed by atoms with Gasteiger partial charge in [-0.2, -0.15) is 5.10 Å². The molecular formula is C27H31N5O2. The Morgan fingerprint density at radius 2 is 1.74 bits per heavy atom. The maximum atomic E-state index is 11.5. The van der Waals surface area contributed by atoms with Gasteiger partial charge in [0, 0.05) is 30.5 Å². The minimum Gasteiger partial charge on any atom is -0.394 e. The van der Waals surface area contributed by atoms with E-state index in [-0.39, 0.29) is 12.5 Å². The van der Waals surface area contributed by atoms with Gasteiger partial charge in [0.15, 0.2) is 0 Å². The molecular weight excluding hydrogens is 426 g/mol. The van der Waals surface area contributed by atoms with Gasteiger partial charge >= 0.3 is 0 Å². The van der Waals surface area contributed by atoms with E-state index in [0.717, 1.165) is 48.3 Å². The lowest BCUT2D eigenvalue weighted by molar-refractivity contribution is 0.0871. The van der Waals surface area contributed by atoms with Crippen molar-refractivity contribution in [1.82, 2.24) is 19.2 Å². The molecule has 34 heavy (non-hydrogen) atoms. The van der Waals surface area contributed by atoms with Crippen molar-refractivity contribution in [2.24, 2.45) is 5.92 Å². The van der Waals surface area contributed by atoms with Gasteiger partial charge < -0.3 is 19.5 Å². The van der Waals surface area contributed by atoms with E-state index in [1.165, 1.54) is 24.1 Å². The van der Waals surface area contributed by atoms with Crippen LogP contribution in [0.2, 0.25) is 0 Å². The highest BCUT2D eigenvalue weighted by atomic mass is 16.3. The number of nitrogens with zero attached hydrogens (tertiary/aromatic N) is 5. The SMILES string of the molecule is OCCn1cc(-c2ccc(N3CCC(C(O)c4c(C5CC5)ccc5cncn45)CC3)cc2)cn1. The second-order valence-electron chi connectivity index (χ2n) is 9.67. The third-order valence-electron chi connectivity index (χ3n) is 7.47. The summed E-state index contributed by atoms with van der Waals surface area (Å²) in [7, 11) is 0. The Kier molecular flexibility index (Phi) is 5.59. The Morgan fingerprint density at radius 1 is 0.941 bits per heavy atom. The third-order valence-corrected chi connectivity index (χ3v) is 7.47. The van der Waals surface area contributed by atoms with Crippen LogP contribution in [0.15, 0.2) is 61.3 Å². The topological polar surface area (TPSA) is 78.8 Å². The molecule has 6 rings (SSSR count). The fourth-order valence-corrected chi connectivity index (χ4v) is 5.38. The molecule has 1 aliphatic heterocycles. The van der Waals surface area contributed by atoms with E-state index in [9.17, 15) is 5.11 Å². The van der Waals surface area contributed by atoms with E-state index < -0.39 is 6.10 Å². The lowest BCUT2D eigenvalue weighted by atomic mass is 9.87. The lowest BCUT2D eigenvalue weighted by Gasteiger charge is -2.36. The van der Waals surface area contributed by atoms with E-state index in [4.69, 9.17) is 5.11 Å². The number of fused-ring (bicyclic) bond motifs is 1. The third kappa shape index (κ3) is 3.99. The summed E-state index contributed by atoms with van der Waals surface area (Å²) in [5, 5.41) is 24.9. The predicted molar refractivity (Wildman–Crippen MR) is 132 cm³/mol. The van der Waals surface area contributed by atoms with Crippen LogP contribution >= 0.6 is 0 Å². The van der Waals surface area contributed by atoms with Crippen LogP contribution in [-0.4, -0.2) is 49.1 Å². The van der Waals surface area contributed by atoms with Gasteiger partial charge in [-0.3, -0.25) is 4.68 Å². The first-order chi connectivity index (χ1) is 16.7. The zero-order chi connectivity index (χ0) is 23.1. The highest BCUT2D eigenvalue weighted by Crippen LogP contribution is 2.45. The van der Waals surface area contributed by atoms with Gasteiger partial charge in [-0.25, -0.2) is 4.98 Å². The van der Waals surface area contributed by atoms with E-state index >= 15 is 0 Å². The maximum absolute atomic E-state index is 11.5. The Bertz CT molecular complexity index is 1270. The molecule has 0 amide bonds. The fraction of sp³-hybridized carbons (Fsp3) is 0.407. The molecule has 2 fully saturated rings. The molecule has 0 bridgehead atoms. The molecule has 0 radical (unpaired) electrons. The number of hydrogen-bond donors (Lipinski definition) is 2. The smallest absolute Gasteiger partial charge is 0.0995 e. The van der Waals surface area contributed by atoms with Crippen molar-refractivity contribution >= 4 is 11.2 Å². The number of benzene rings is 1. The zero-order valence-electron chi connectivity index (χ0n) is 19.3. The van der Waals surface area contributed by atoms with Crippen LogP contribution in [0.1, 0.15) is 49.0 Å². The Morgan fingerprint density at radius 3 is 2.47 bits per heavy atom. The van der Waals surface area contributed by atoms with Crippen LogP contribution in [0.25, 0.3) is 16.6 Å². The second-order valence-corrected chi connectivity index (χ2v) is 9.67. The minimum atomic E-state index is -0.464. The number of hydrogen-bond acceptors (Lipinski definition) is 5. The van der Waals surface area contributed by atoms with Crippen molar-refractivity contribution in [3.05, 3.63) is 72.6 Å². The largest absolute Gasteiger partial charge is 0.394 e. The molecule has 7 heteroatoms. The predicted octanol–water partition coefficient (Wildman–Crippen LogP) is 4.02. The van der Waals surface area contributed by atoms with Crippen molar-refractivity contribution < 1.29 is 10.2 Å². The molecule has 1 aliphatic carbocycles. The number of aliphatic hydroxyl groups is 2. The van der Waals surface area contributed by atoms with Gasteiger partial charge in [0.05, 0.1) is 49.2 Å². The average molecular weight is 458 g/mol. The summed E-state index contributed by atoms with van der Waals surface area (Å²) in [4.78, 5) is 6.75. The van der Waals surface area contributed by atoms with Crippen LogP contribution in [0.5, 0.6) is 0 Å². The van der Waals surface area contributed by atoms with E-state index in [2.05, 4.69) is 55.8 Å². The number of rotatable bonds is 7. The van der Waals surface area contributed by atoms with Gasteiger partial charge in [-0.05, 0) is 66.8 Å². The van der Waals surface area contributed by atoms with Crippen LogP contribution in [-0.2, 0) is 6.54 Å². The molecule has 4 aromatic rings. The summed E-state index contributed by atoms with van der Waals surface area (Å²) in [6.07, 6.45) is 11.4. The Balaban J connectivity index is 1.14. The minimum absolute atomic E-state index is 0.0874. The summed E-state index contributed by atoms with van der Waals surface area (Å²) in [5.74, 6) is 0.837. The average Bonchev–Trinajstić information content (AvgIpc) is 3.42. The molecule has 1 aromatic carbocycles. The molecule has 1 saturated carbocycles. The molecule has 2 N–H and O–H groups in total. The lowest BCUT2D eigenvalue weighted by Crippen LogP contribution is -2.36. The van der Waals surface area contributed by atoms with Crippen molar-refractivity contribution in [3.8, 4) is 11.1 Å². The number of aromatic nitrogens is 4. The number of anilines is 1. The summed E-state index contributed by atoms with van der Waals surface area (Å²) in [6, 6.07) is 13.0. The highest BCUT2D eigenvalue weighted by molar-refractivity contribution is 5.65. The van der Waals surface area contributed by atoms with Gasteiger partial charge in [-0.1, -0.05) is 18.2 Å². The second kappa shape index (κ2) is 8.89. The van der Waals surface area contributed by atoms with Crippen LogP contribution < -0.4 is 4.90 Å². The molecule has 7 nitrogen and oxygen atoms in total. The van der Waals surface area contributed by atoms with E-state index in [1.807, 2.05) is 24.9 Å². The van der Waals surface area contributed by atoms with Crippen molar-refractivity contribution in [3.63, 3.8) is 0 Å². The van der Waals surface area contributed by atoms with E-state index in [0.29, 0.717) is 12.5 Å². The van der Waals surface area contributed by atoms with Crippen LogP contribution in [0, 0.1) is 5.92 Å². The fourth-order valence-electron chi connectivity index (χ4n) is 5.38. The summed E-state index contributed by atoms with van der Waals surface area (Å²) in [5.41, 5.74) is 6.81. The zero-order valence-corrected chi connectivity index (χ0v) is 19.3. The molecule has 4 heterocycles. The maximum Gasteiger partial charge on any atom is 0.0995 e. The number of imidazole rings is 1. The molecule has 2 aliphatic rings.